The zero-order valence-corrected chi connectivity index (χ0v) is 11.8. The Balaban J connectivity index is 1.69. The second-order valence-electron chi connectivity index (χ2n) is 4.80. The zero-order chi connectivity index (χ0) is 15.5. The molecule has 0 saturated carbocycles. The minimum atomic E-state index is -0.712. The van der Waals surface area contributed by atoms with Gasteiger partial charge in [0.1, 0.15) is 6.04 Å². The van der Waals surface area contributed by atoms with E-state index >= 15 is 0 Å². The van der Waals surface area contributed by atoms with Gasteiger partial charge in [-0.25, -0.2) is 0 Å². The largest absolute Gasteiger partial charge is 0.459 e. The maximum atomic E-state index is 12.2. The number of para-hydroxylation sites is 1. The Morgan fingerprint density at radius 1 is 1.27 bits per heavy atom. The van der Waals surface area contributed by atoms with Gasteiger partial charge in [-0.15, -0.1) is 0 Å². The molecular formula is C15H14N4O3. The third-order valence-electron chi connectivity index (χ3n) is 3.22. The lowest BCUT2D eigenvalue weighted by Gasteiger charge is -2.13. The Morgan fingerprint density at radius 2 is 2.14 bits per heavy atom. The first-order valence-electron chi connectivity index (χ1n) is 6.72. The average Bonchev–Trinajstić information content (AvgIpc) is 3.18. The van der Waals surface area contributed by atoms with Gasteiger partial charge >= 0.3 is 0 Å². The molecule has 7 nitrogen and oxygen atoms in total. The molecule has 2 amide bonds. The normalized spacial score (nSPS) is 12.0. The number of carbonyl (C=O) groups excluding carboxylic acids is 2. The fourth-order valence-electron chi connectivity index (χ4n) is 2.06. The molecule has 0 saturated heterocycles. The lowest BCUT2D eigenvalue weighted by Crippen LogP contribution is -2.41. The van der Waals surface area contributed by atoms with Crippen molar-refractivity contribution in [1.82, 2.24) is 15.5 Å². The van der Waals surface area contributed by atoms with E-state index in [2.05, 4.69) is 20.8 Å². The standard InChI is InChI=1S/C15H14N4O3/c1-9(17-15(21)12-6-3-7-22-12)14(20)18-11-5-2-4-10-8-16-19-13(10)11/h2-9H,1H3,(H,16,19)(H,17,21)(H,18,20)/t9-/m1/s1. The number of anilines is 1. The van der Waals surface area contributed by atoms with Crippen LogP contribution >= 0.6 is 0 Å². The second kappa shape index (κ2) is 5.72. The average molecular weight is 298 g/mol. The zero-order valence-electron chi connectivity index (χ0n) is 11.8. The lowest BCUT2D eigenvalue weighted by atomic mass is 10.2. The van der Waals surface area contributed by atoms with E-state index in [1.54, 1.807) is 25.3 Å². The number of fused-ring (bicyclic) bond motifs is 1. The summed E-state index contributed by atoms with van der Waals surface area (Å²) in [6.45, 7) is 1.60. The number of amides is 2. The number of nitrogens with one attached hydrogen (secondary N) is 3. The molecule has 1 atom stereocenters. The summed E-state index contributed by atoms with van der Waals surface area (Å²) >= 11 is 0. The Morgan fingerprint density at radius 3 is 2.91 bits per heavy atom. The molecule has 0 radical (unpaired) electrons. The van der Waals surface area contributed by atoms with Crippen LogP contribution in [0.5, 0.6) is 0 Å². The quantitative estimate of drug-likeness (QED) is 0.685. The highest BCUT2D eigenvalue weighted by Gasteiger charge is 2.18. The number of aromatic nitrogens is 2. The van der Waals surface area contributed by atoms with E-state index in [1.807, 2.05) is 12.1 Å². The third-order valence-corrected chi connectivity index (χ3v) is 3.22. The summed E-state index contributed by atoms with van der Waals surface area (Å²) in [5.74, 6) is -0.607. The van der Waals surface area contributed by atoms with Crippen molar-refractivity contribution in [2.45, 2.75) is 13.0 Å². The number of aromatic amines is 1. The molecule has 3 rings (SSSR count). The van der Waals surface area contributed by atoms with E-state index < -0.39 is 11.9 Å². The molecular weight excluding hydrogens is 284 g/mol. The molecule has 0 spiro atoms. The van der Waals surface area contributed by atoms with Gasteiger partial charge in [-0.1, -0.05) is 12.1 Å². The summed E-state index contributed by atoms with van der Waals surface area (Å²) in [6, 6.07) is 7.90. The molecule has 1 aromatic carbocycles. The van der Waals surface area contributed by atoms with Crippen molar-refractivity contribution in [3.63, 3.8) is 0 Å². The minimum absolute atomic E-state index is 0.162. The minimum Gasteiger partial charge on any atom is -0.459 e. The summed E-state index contributed by atoms with van der Waals surface area (Å²) in [6.07, 6.45) is 3.08. The SMILES string of the molecule is C[C@@H](NC(=O)c1ccco1)C(=O)Nc1cccc2cn[nH]c12. The van der Waals surface area contributed by atoms with Crippen LogP contribution in [0.4, 0.5) is 5.69 Å². The summed E-state index contributed by atoms with van der Waals surface area (Å²) in [4.78, 5) is 24.0. The van der Waals surface area contributed by atoms with Crippen molar-refractivity contribution < 1.29 is 14.0 Å². The van der Waals surface area contributed by atoms with Crippen LogP contribution in [0.2, 0.25) is 0 Å². The predicted octanol–water partition coefficient (Wildman–Crippen LogP) is 1.91. The van der Waals surface area contributed by atoms with Gasteiger partial charge in [0.2, 0.25) is 5.91 Å². The van der Waals surface area contributed by atoms with Crippen LogP contribution < -0.4 is 10.6 Å². The van der Waals surface area contributed by atoms with Crippen LogP contribution in [0.15, 0.2) is 47.2 Å². The van der Waals surface area contributed by atoms with Gasteiger partial charge in [-0.3, -0.25) is 14.7 Å². The lowest BCUT2D eigenvalue weighted by molar-refractivity contribution is -0.117. The maximum absolute atomic E-state index is 12.2. The van der Waals surface area contributed by atoms with Gasteiger partial charge in [0, 0.05) is 5.39 Å². The van der Waals surface area contributed by atoms with E-state index in [-0.39, 0.29) is 11.7 Å². The Hall–Kier alpha value is -3.09. The van der Waals surface area contributed by atoms with Crippen molar-refractivity contribution >= 4 is 28.4 Å². The monoisotopic (exact) mass is 298 g/mol. The fourth-order valence-corrected chi connectivity index (χ4v) is 2.06. The molecule has 0 bridgehead atoms. The molecule has 2 aromatic heterocycles. The van der Waals surface area contributed by atoms with Crippen LogP contribution in [0.25, 0.3) is 10.9 Å². The second-order valence-corrected chi connectivity index (χ2v) is 4.80. The highest BCUT2D eigenvalue weighted by Crippen LogP contribution is 2.20. The first-order valence-corrected chi connectivity index (χ1v) is 6.72. The van der Waals surface area contributed by atoms with E-state index in [1.165, 1.54) is 12.3 Å². The van der Waals surface area contributed by atoms with Crippen LogP contribution in [0.3, 0.4) is 0 Å². The van der Waals surface area contributed by atoms with Crippen molar-refractivity contribution in [3.05, 3.63) is 48.6 Å². The van der Waals surface area contributed by atoms with Gasteiger partial charge < -0.3 is 15.1 Å². The molecule has 0 aliphatic heterocycles. The summed E-state index contributed by atoms with van der Waals surface area (Å²) in [5.41, 5.74) is 1.35. The predicted molar refractivity (Wildman–Crippen MR) is 80.4 cm³/mol. The van der Waals surface area contributed by atoms with Crippen LogP contribution in [-0.4, -0.2) is 28.1 Å². The molecule has 22 heavy (non-hydrogen) atoms. The molecule has 2 heterocycles. The van der Waals surface area contributed by atoms with E-state index in [0.717, 1.165) is 10.9 Å². The number of hydrogen-bond acceptors (Lipinski definition) is 4. The number of rotatable bonds is 4. The number of hydrogen-bond donors (Lipinski definition) is 3. The smallest absolute Gasteiger partial charge is 0.287 e. The van der Waals surface area contributed by atoms with Gasteiger partial charge in [0.05, 0.1) is 23.7 Å². The van der Waals surface area contributed by atoms with E-state index in [0.29, 0.717) is 5.69 Å². The Labute approximate surface area is 125 Å². The highest BCUT2D eigenvalue weighted by atomic mass is 16.3. The summed E-state index contributed by atoms with van der Waals surface area (Å²) in [5, 5.41) is 13.0. The molecule has 3 N–H and O–H groups in total. The van der Waals surface area contributed by atoms with Crippen molar-refractivity contribution in [2.24, 2.45) is 0 Å². The van der Waals surface area contributed by atoms with Gasteiger partial charge in [0.15, 0.2) is 5.76 Å². The number of carbonyl (C=O) groups is 2. The number of benzene rings is 1. The third kappa shape index (κ3) is 2.69. The molecule has 0 aliphatic rings. The number of nitrogens with zero attached hydrogens (tertiary/aromatic N) is 1. The number of H-pyrrole nitrogens is 1. The first-order chi connectivity index (χ1) is 10.6. The topological polar surface area (TPSA) is 100 Å². The summed E-state index contributed by atoms with van der Waals surface area (Å²) in [7, 11) is 0. The van der Waals surface area contributed by atoms with Crippen molar-refractivity contribution in [2.75, 3.05) is 5.32 Å². The van der Waals surface area contributed by atoms with E-state index in [4.69, 9.17) is 4.42 Å². The van der Waals surface area contributed by atoms with Gasteiger partial charge in [0.25, 0.3) is 5.91 Å². The molecule has 3 aromatic rings. The maximum Gasteiger partial charge on any atom is 0.287 e. The van der Waals surface area contributed by atoms with Gasteiger partial charge in [-0.2, -0.15) is 5.10 Å². The summed E-state index contributed by atoms with van der Waals surface area (Å²) < 4.78 is 4.98. The molecule has 0 unspecified atom stereocenters. The fraction of sp³-hybridized carbons (Fsp3) is 0.133. The molecule has 112 valence electrons. The van der Waals surface area contributed by atoms with Crippen molar-refractivity contribution in [1.29, 1.82) is 0 Å². The Bertz CT molecular complexity index is 807. The first kappa shape index (κ1) is 13.9. The molecule has 0 aliphatic carbocycles. The van der Waals surface area contributed by atoms with Crippen LogP contribution in [0, 0.1) is 0 Å². The van der Waals surface area contributed by atoms with Crippen LogP contribution in [-0.2, 0) is 4.79 Å². The van der Waals surface area contributed by atoms with Crippen LogP contribution in [0.1, 0.15) is 17.5 Å². The highest BCUT2D eigenvalue weighted by molar-refractivity contribution is 6.04. The van der Waals surface area contributed by atoms with E-state index in [9.17, 15) is 9.59 Å². The molecule has 0 fully saturated rings. The Kier molecular flexibility index (Phi) is 3.61. The molecule has 7 heteroatoms. The van der Waals surface area contributed by atoms with Crippen molar-refractivity contribution in [3.8, 4) is 0 Å². The van der Waals surface area contributed by atoms with Gasteiger partial charge in [-0.05, 0) is 25.1 Å². The number of furan rings is 1.